The van der Waals surface area contributed by atoms with E-state index in [4.69, 9.17) is 16.6 Å². The molecule has 1 fully saturated rings. The Morgan fingerprint density at radius 2 is 1.84 bits per heavy atom. The third-order valence-corrected chi connectivity index (χ3v) is 9.25. The third kappa shape index (κ3) is 8.29. The number of halogens is 2. The van der Waals surface area contributed by atoms with Gasteiger partial charge in [-0.2, -0.15) is 5.21 Å². The molecule has 45 heavy (non-hydrogen) atoms. The average Bonchev–Trinajstić information content (AvgIpc) is 3.60. The van der Waals surface area contributed by atoms with Gasteiger partial charge in [0.25, 0.3) is 11.8 Å². The molecule has 0 radical (unpaired) electrons. The Morgan fingerprint density at radius 3 is 2.42 bits per heavy atom. The summed E-state index contributed by atoms with van der Waals surface area (Å²) < 4.78 is 14.1. The van der Waals surface area contributed by atoms with Crippen LogP contribution in [0, 0.1) is 23.1 Å². The Balaban J connectivity index is 0.00000461. The summed E-state index contributed by atoms with van der Waals surface area (Å²) >= 11 is 6.16. The van der Waals surface area contributed by atoms with E-state index in [-0.39, 0.29) is 86.2 Å². The minimum atomic E-state index is -0.709. The van der Waals surface area contributed by atoms with Crippen LogP contribution >= 0.6 is 11.6 Å². The fraction of sp³-hybridized carbons (Fsp3) is 0.515. The Morgan fingerprint density at radius 1 is 1.16 bits per heavy atom. The summed E-state index contributed by atoms with van der Waals surface area (Å²) in [7, 11) is 0. The van der Waals surface area contributed by atoms with Crippen molar-refractivity contribution >= 4 is 29.1 Å². The van der Waals surface area contributed by atoms with Gasteiger partial charge in [0, 0.05) is 23.5 Å². The molecule has 2 heterocycles. The molecule has 9 nitrogen and oxygen atoms in total. The Hall–Kier alpha value is -2.02. The number of hydrogen-bond acceptors (Lipinski definition) is 6. The molecule has 0 unspecified atom stereocenters. The summed E-state index contributed by atoms with van der Waals surface area (Å²) in [5.41, 5.74) is 1.59. The quantitative estimate of drug-likeness (QED) is 0.353. The molecule has 1 N–H and O–H groups in total. The molecule has 12 heteroatoms. The standard InChI is InChI=1S/C33H41ClFN7O2.K/c1-20(2)21-12-16-33(17-13-21)37-29(24-10-11-26(35)25(34)18-24)31(44)42(33)27(14-15-32(3,4)5)22-6-8-23(9-7-22)30(43)36-19-28-38-40-41-39-28;/h6-11,18,20-21,27H,12-17,19H2,1-5H3,(H2,36,38,39,40,41,43);/q;+1/p-1/t21?,27-,33?;/m1./s1. The molecule has 2 aliphatic rings. The Labute approximate surface area is 312 Å². The summed E-state index contributed by atoms with van der Waals surface area (Å²) in [5.74, 6) is 0.466. The van der Waals surface area contributed by atoms with E-state index >= 15 is 0 Å². The van der Waals surface area contributed by atoms with Crippen LogP contribution in [0.4, 0.5) is 4.39 Å². The number of aromatic nitrogens is 4. The second-order valence-corrected chi connectivity index (χ2v) is 14.0. The summed E-state index contributed by atoms with van der Waals surface area (Å²) in [6, 6.07) is 11.5. The van der Waals surface area contributed by atoms with Crippen molar-refractivity contribution in [1.29, 1.82) is 0 Å². The Kier molecular flexibility index (Phi) is 11.8. The van der Waals surface area contributed by atoms with Crippen LogP contribution in [0.15, 0.2) is 47.5 Å². The second-order valence-electron chi connectivity index (χ2n) is 13.5. The number of rotatable bonds is 9. The van der Waals surface area contributed by atoms with Crippen LogP contribution < -0.4 is 61.8 Å². The predicted octanol–water partition coefficient (Wildman–Crippen LogP) is 3.30. The number of nitrogens with one attached hydrogen (secondary N) is 1. The molecule has 1 atom stereocenters. The van der Waals surface area contributed by atoms with E-state index in [1.165, 1.54) is 12.1 Å². The van der Waals surface area contributed by atoms with Gasteiger partial charge >= 0.3 is 51.4 Å². The molecule has 1 spiro atoms. The number of aliphatic imine (C=N–C) groups is 1. The molecular formula is C33H40ClFKN7O2. The molecule has 1 aliphatic carbocycles. The van der Waals surface area contributed by atoms with E-state index in [9.17, 15) is 14.0 Å². The van der Waals surface area contributed by atoms with E-state index in [1.807, 2.05) is 17.0 Å². The van der Waals surface area contributed by atoms with Gasteiger partial charge in [-0.05, 0) is 91.7 Å². The average molecular weight is 660 g/mol. The maximum Gasteiger partial charge on any atom is 1.00 e. The van der Waals surface area contributed by atoms with Crippen molar-refractivity contribution in [2.75, 3.05) is 0 Å². The molecule has 0 saturated heterocycles. The van der Waals surface area contributed by atoms with E-state index < -0.39 is 11.5 Å². The van der Waals surface area contributed by atoms with Gasteiger partial charge in [-0.3, -0.25) is 24.9 Å². The first kappa shape index (κ1) is 35.8. The molecule has 2 amide bonds. The molecule has 1 aromatic heterocycles. The first-order chi connectivity index (χ1) is 20.9. The van der Waals surface area contributed by atoms with E-state index in [0.29, 0.717) is 34.5 Å². The molecule has 3 aromatic rings. The molecule has 1 aliphatic heterocycles. The van der Waals surface area contributed by atoms with E-state index in [2.05, 4.69) is 60.6 Å². The SMILES string of the molecule is CC(C)C1CCC2(CC1)N=C(c1ccc(F)c(Cl)c1)C(=O)N2[C@H](CCC(C)(C)C)c1ccc(C(=O)NCc2nnn[n-]2)cc1.[K+]. The number of amides is 2. The number of tetrazole rings is 1. The van der Waals surface area contributed by atoms with Gasteiger partial charge in [-0.1, -0.05) is 58.4 Å². The van der Waals surface area contributed by atoms with Crippen molar-refractivity contribution in [1.82, 2.24) is 30.8 Å². The number of carbonyl (C=O) groups is 2. The second kappa shape index (κ2) is 14.8. The van der Waals surface area contributed by atoms with Gasteiger partial charge in [0.05, 0.1) is 11.1 Å². The smallest absolute Gasteiger partial charge is 0.348 e. The van der Waals surface area contributed by atoms with Crippen molar-refractivity contribution < 1.29 is 65.4 Å². The molecule has 234 valence electrons. The maximum atomic E-state index is 14.5. The monoisotopic (exact) mass is 659 g/mol. The van der Waals surface area contributed by atoms with Crippen LogP contribution in [0.5, 0.6) is 0 Å². The fourth-order valence-corrected chi connectivity index (χ4v) is 6.54. The minimum absolute atomic E-state index is 0. The normalized spacial score (nSPS) is 20.7. The molecule has 0 bridgehead atoms. The third-order valence-electron chi connectivity index (χ3n) is 8.96. The van der Waals surface area contributed by atoms with Crippen molar-refractivity contribution in [3.05, 3.63) is 75.8 Å². The summed E-state index contributed by atoms with van der Waals surface area (Å²) in [5, 5.41) is 17.1. The van der Waals surface area contributed by atoms with Gasteiger partial charge in [-0.15, -0.1) is 0 Å². The van der Waals surface area contributed by atoms with Crippen molar-refractivity contribution in [2.45, 2.75) is 91.4 Å². The van der Waals surface area contributed by atoms with E-state index in [1.54, 1.807) is 18.2 Å². The molecule has 5 rings (SSSR count). The topological polar surface area (TPSA) is 115 Å². The van der Waals surface area contributed by atoms with Crippen molar-refractivity contribution in [3.8, 4) is 0 Å². The first-order valence-electron chi connectivity index (χ1n) is 15.3. The molecular weight excluding hydrogens is 620 g/mol. The zero-order valence-corrected chi connectivity index (χ0v) is 30.9. The minimum Gasteiger partial charge on any atom is -0.348 e. The molecule has 1 saturated carbocycles. The van der Waals surface area contributed by atoms with Crippen molar-refractivity contribution in [3.63, 3.8) is 0 Å². The number of carbonyl (C=O) groups excluding carboxylic acids is 2. The van der Waals surface area contributed by atoms with Gasteiger partial charge < -0.3 is 15.3 Å². The largest absolute Gasteiger partial charge is 1.00 e. The van der Waals surface area contributed by atoms with Gasteiger partial charge in [-0.25, -0.2) is 4.39 Å². The zero-order valence-electron chi connectivity index (χ0n) is 27.0. The number of hydrogen-bond donors (Lipinski definition) is 1. The number of benzene rings is 2. The summed E-state index contributed by atoms with van der Waals surface area (Å²) in [6.07, 6.45) is 5.02. The van der Waals surface area contributed by atoms with Gasteiger partial charge in [0.15, 0.2) is 0 Å². The molecule has 2 aromatic carbocycles. The summed E-state index contributed by atoms with van der Waals surface area (Å²) in [6.45, 7) is 11.2. The van der Waals surface area contributed by atoms with Crippen LogP contribution in [-0.2, 0) is 11.3 Å². The van der Waals surface area contributed by atoms with E-state index in [0.717, 1.165) is 44.1 Å². The van der Waals surface area contributed by atoms with Crippen LogP contribution in [0.2, 0.25) is 5.02 Å². The Bertz CT molecular complexity index is 1510. The van der Waals surface area contributed by atoms with Crippen LogP contribution in [0.3, 0.4) is 0 Å². The van der Waals surface area contributed by atoms with Gasteiger partial charge in [0.2, 0.25) is 0 Å². The predicted molar refractivity (Wildman–Crippen MR) is 167 cm³/mol. The van der Waals surface area contributed by atoms with Crippen molar-refractivity contribution in [2.24, 2.45) is 22.2 Å². The van der Waals surface area contributed by atoms with Crippen LogP contribution in [-0.4, -0.2) is 43.6 Å². The first-order valence-corrected chi connectivity index (χ1v) is 15.7. The van der Waals surface area contributed by atoms with Crippen LogP contribution in [0.25, 0.3) is 0 Å². The van der Waals surface area contributed by atoms with Crippen LogP contribution in [0.1, 0.15) is 106 Å². The maximum absolute atomic E-state index is 14.5. The summed E-state index contributed by atoms with van der Waals surface area (Å²) in [4.78, 5) is 34.5. The fourth-order valence-electron chi connectivity index (χ4n) is 6.36. The zero-order chi connectivity index (χ0) is 31.6. The van der Waals surface area contributed by atoms with Gasteiger partial charge in [0.1, 0.15) is 17.2 Å². The number of nitrogens with zero attached hydrogens (tertiary/aromatic N) is 6.